The summed E-state index contributed by atoms with van der Waals surface area (Å²) in [6.45, 7) is 10.5. The molecular formula is C24H30FNO7. The number of carbonyl (C=O) groups excluding carboxylic acids is 2. The number of halogens is 1. The van der Waals surface area contributed by atoms with Crippen molar-refractivity contribution in [3.63, 3.8) is 0 Å². The molecule has 0 aliphatic carbocycles. The van der Waals surface area contributed by atoms with Crippen LogP contribution in [-0.4, -0.2) is 45.5 Å². The van der Waals surface area contributed by atoms with E-state index in [9.17, 15) is 19.5 Å². The molecule has 1 aliphatic rings. The minimum absolute atomic E-state index is 0.0110. The Morgan fingerprint density at radius 3 is 2.33 bits per heavy atom. The molecule has 1 aromatic heterocycles. The molecule has 2 aromatic rings. The van der Waals surface area contributed by atoms with E-state index < -0.39 is 35.1 Å². The molecule has 8 nitrogen and oxygen atoms in total. The molecule has 0 amide bonds. The first-order valence-corrected chi connectivity index (χ1v) is 10.9. The van der Waals surface area contributed by atoms with Gasteiger partial charge in [-0.05, 0) is 66.0 Å². The number of hydrogen-bond acceptors (Lipinski definition) is 6. The van der Waals surface area contributed by atoms with E-state index in [1.165, 1.54) is 0 Å². The fourth-order valence-corrected chi connectivity index (χ4v) is 3.88. The molecule has 33 heavy (non-hydrogen) atoms. The quantitative estimate of drug-likeness (QED) is 0.632. The number of benzene rings is 1. The van der Waals surface area contributed by atoms with Gasteiger partial charge in [0.1, 0.15) is 16.9 Å². The SMILES string of the molecule is CC(C)(C)OC(=O)CCCc1c(C(=O)O)n(C(=O)OC(C)(C)C)c2cc3c(c(F)c12)OCC3. The molecule has 0 bridgehead atoms. The molecule has 180 valence electrons. The molecule has 0 radical (unpaired) electrons. The zero-order chi connectivity index (χ0) is 24.7. The minimum Gasteiger partial charge on any atom is -0.490 e. The summed E-state index contributed by atoms with van der Waals surface area (Å²) >= 11 is 0. The smallest absolute Gasteiger partial charge is 0.419 e. The van der Waals surface area contributed by atoms with Crippen molar-refractivity contribution < 1.29 is 38.1 Å². The summed E-state index contributed by atoms with van der Waals surface area (Å²) in [6, 6.07) is 1.58. The van der Waals surface area contributed by atoms with Gasteiger partial charge in [-0.15, -0.1) is 0 Å². The molecule has 1 N–H and O–H groups in total. The van der Waals surface area contributed by atoms with Crippen LogP contribution in [0.1, 0.15) is 76.0 Å². The van der Waals surface area contributed by atoms with Crippen molar-refractivity contribution in [3.8, 4) is 5.75 Å². The molecule has 9 heteroatoms. The summed E-state index contributed by atoms with van der Waals surface area (Å²) in [4.78, 5) is 37.4. The summed E-state index contributed by atoms with van der Waals surface area (Å²) in [5.74, 6) is -2.49. The van der Waals surface area contributed by atoms with E-state index in [0.717, 1.165) is 4.57 Å². The summed E-state index contributed by atoms with van der Waals surface area (Å²) < 4.78 is 32.6. The standard InChI is InChI=1S/C24H30FNO7/c1-23(2,3)32-16(27)9-7-8-14-17-15(12-13-10-11-31-20(13)18(17)25)26(19(14)21(28)29)22(30)33-24(4,5)6/h12H,7-11H2,1-6H3,(H,28,29). The Kier molecular flexibility index (Phi) is 6.46. The van der Waals surface area contributed by atoms with Gasteiger partial charge in [0, 0.05) is 23.8 Å². The molecule has 3 rings (SSSR count). The van der Waals surface area contributed by atoms with E-state index in [1.54, 1.807) is 47.6 Å². The maximum Gasteiger partial charge on any atom is 0.419 e. The van der Waals surface area contributed by atoms with Crippen LogP contribution in [0.2, 0.25) is 0 Å². The fourth-order valence-electron chi connectivity index (χ4n) is 3.88. The van der Waals surface area contributed by atoms with Crippen molar-refractivity contribution in [2.24, 2.45) is 0 Å². The number of ether oxygens (including phenoxy) is 3. The molecule has 1 aliphatic heterocycles. The van der Waals surface area contributed by atoms with Gasteiger partial charge < -0.3 is 19.3 Å². The number of esters is 1. The largest absolute Gasteiger partial charge is 0.490 e. The average Bonchev–Trinajstić information content (AvgIpc) is 3.22. The zero-order valence-corrected chi connectivity index (χ0v) is 19.8. The van der Waals surface area contributed by atoms with Crippen LogP contribution < -0.4 is 4.74 Å². The average molecular weight is 464 g/mol. The molecule has 0 fully saturated rings. The number of aromatic nitrogens is 1. The van der Waals surface area contributed by atoms with E-state index in [0.29, 0.717) is 18.6 Å². The minimum atomic E-state index is -1.40. The van der Waals surface area contributed by atoms with Crippen LogP contribution >= 0.6 is 0 Å². The second kappa shape index (κ2) is 8.68. The summed E-state index contributed by atoms with van der Waals surface area (Å²) in [5, 5.41) is 9.97. The first-order valence-electron chi connectivity index (χ1n) is 10.9. The molecule has 0 atom stereocenters. The Hall–Kier alpha value is -3.10. The second-order valence-corrected chi connectivity index (χ2v) is 10.1. The summed E-state index contributed by atoms with van der Waals surface area (Å²) in [5.41, 5.74) is -1.15. The van der Waals surface area contributed by atoms with Gasteiger partial charge in [0.2, 0.25) is 0 Å². The number of carbonyl (C=O) groups is 3. The summed E-state index contributed by atoms with van der Waals surface area (Å²) in [6.07, 6.45) is -0.207. The van der Waals surface area contributed by atoms with Gasteiger partial charge in [0.15, 0.2) is 11.6 Å². The third kappa shape index (κ3) is 5.29. The van der Waals surface area contributed by atoms with Gasteiger partial charge in [0.05, 0.1) is 12.1 Å². The van der Waals surface area contributed by atoms with E-state index in [1.807, 2.05) is 0 Å². The Bertz CT molecular complexity index is 1120. The molecule has 0 spiro atoms. The number of aromatic carboxylic acids is 1. The predicted octanol–water partition coefficient (Wildman–Crippen LogP) is 4.86. The van der Waals surface area contributed by atoms with Gasteiger partial charge in [-0.3, -0.25) is 4.79 Å². The molecule has 0 saturated heterocycles. The Morgan fingerprint density at radius 1 is 1.12 bits per heavy atom. The van der Waals surface area contributed by atoms with Gasteiger partial charge in [-0.1, -0.05) is 0 Å². The highest BCUT2D eigenvalue weighted by Crippen LogP contribution is 2.39. The van der Waals surface area contributed by atoms with Crippen molar-refractivity contribution >= 4 is 28.9 Å². The van der Waals surface area contributed by atoms with E-state index >= 15 is 4.39 Å². The molecule has 2 heterocycles. The monoisotopic (exact) mass is 463 g/mol. The lowest BCUT2D eigenvalue weighted by Crippen LogP contribution is -2.29. The highest BCUT2D eigenvalue weighted by atomic mass is 19.1. The molecular weight excluding hydrogens is 433 g/mol. The van der Waals surface area contributed by atoms with Gasteiger partial charge >= 0.3 is 18.0 Å². The number of carboxylic acids is 1. The van der Waals surface area contributed by atoms with Crippen LogP contribution in [0.15, 0.2) is 6.07 Å². The normalized spacial score (nSPS) is 13.5. The van der Waals surface area contributed by atoms with Crippen LogP contribution in [-0.2, 0) is 27.1 Å². The highest BCUT2D eigenvalue weighted by Gasteiger charge is 2.33. The van der Waals surface area contributed by atoms with Crippen molar-refractivity contribution in [3.05, 3.63) is 28.7 Å². The first-order chi connectivity index (χ1) is 15.2. The fraction of sp³-hybridized carbons (Fsp3) is 0.542. The zero-order valence-electron chi connectivity index (χ0n) is 19.8. The van der Waals surface area contributed by atoms with Crippen LogP contribution in [0.4, 0.5) is 9.18 Å². The van der Waals surface area contributed by atoms with Gasteiger partial charge in [-0.25, -0.2) is 18.5 Å². The van der Waals surface area contributed by atoms with Crippen LogP contribution in [0.5, 0.6) is 5.75 Å². The third-order valence-corrected chi connectivity index (χ3v) is 4.95. The maximum absolute atomic E-state index is 15.5. The first kappa shape index (κ1) is 24.5. The maximum atomic E-state index is 15.5. The van der Waals surface area contributed by atoms with Gasteiger partial charge in [-0.2, -0.15) is 0 Å². The molecule has 0 unspecified atom stereocenters. The van der Waals surface area contributed by atoms with Gasteiger partial charge in [0.25, 0.3) is 0 Å². The topological polar surface area (TPSA) is 104 Å². The van der Waals surface area contributed by atoms with E-state index in [-0.39, 0.29) is 47.2 Å². The Morgan fingerprint density at radius 2 is 1.76 bits per heavy atom. The third-order valence-electron chi connectivity index (χ3n) is 4.95. The van der Waals surface area contributed by atoms with Crippen molar-refractivity contribution in [2.45, 2.75) is 78.4 Å². The number of carboxylic acid groups (broad SMARTS) is 1. The number of fused-ring (bicyclic) bond motifs is 2. The lowest BCUT2D eigenvalue weighted by molar-refractivity contribution is -0.154. The second-order valence-electron chi connectivity index (χ2n) is 10.1. The van der Waals surface area contributed by atoms with Crippen LogP contribution in [0, 0.1) is 5.82 Å². The van der Waals surface area contributed by atoms with Crippen molar-refractivity contribution in [1.82, 2.24) is 4.57 Å². The lowest BCUT2D eigenvalue weighted by atomic mass is 10.0. The highest BCUT2D eigenvalue weighted by molar-refractivity contribution is 6.04. The number of hydrogen-bond donors (Lipinski definition) is 1. The van der Waals surface area contributed by atoms with Crippen LogP contribution in [0.25, 0.3) is 10.9 Å². The van der Waals surface area contributed by atoms with Crippen molar-refractivity contribution in [2.75, 3.05) is 6.61 Å². The van der Waals surface area contributed by atoms with E-state index in [2.05, 4.69) is 0 Å². The number of aryl methyl sites for hydroxylation is 1. The predicted molar refractivity (Wildman–Crippen MR) is 118 cm³/mol. The molecule has 0 saturated carbocycles. The molecule has 1 aromatic carbocycles. The number of rotatable bonds is 5. The number of nitrogens with zero attached hydrogens (tertiary/aromatic N) is 1. The Balaban J connectivity index is 2.11. The lowest BCUT2D eigenvalue weighted by Gasteiger charge is -2.20. The van der Waals surface area contributed by atoms with E-state index in [4.69, 9.17) is 14.2 Å². The summed E-state index contributed by atoms with van der Waals surface area (Å²) in [7, 11) is 0. The Labute approximate surface area is 191 Å². The van der Waals surface area contributed by atoms with Crippen LogP contribution in [0.3, 0.4) is 0 Å². The van der Waals surface area contributed by atoms with Crippen molar-refractivity contribution in [1.29, 1.82) is 0 Å².